The molecule has 17 heavy (non-hydrogen) atoms. The fourth-order valence-electron chi connectivity index (χ4n) is 1.72. The largest absolute Gasteiger partial charge is 0.488 e. The van der Waals surface area contributed by atoms with E-state index in [0.717, 1.165) is 12.3 Å². The molecule has 1 heterocycles. The Kier molecular flexibility index (Phi) is 4.18. The number of hydrogen-bond donors (Lipinski definition) is 1. The second-order valence-corrected chi connectivity index (χ2v) is 5.04. The number of ether oxygens (including phenoxy) is 1. The highest BCUT2D eigenvalue weighted by atomic mass is 32.1. The average Bonchev–Trinajstić information content (AvgIpc) is 2.81. The molecule has 0 amide bonds. The van der Waals surface area contributed by atoms with Gasteiger partial charge in [-0.2, -0.15) is 0 Å². The van der Waals surface area contributed by atoms with Crippen molar-refractivity contribution >= 4 is 11.3 Å². The van der Waals surface area contributed by atoms with Gasteiger partial charge >= 0.3 is 0 Å². The van der Waals surface area contributed by atoms with E-state index in [4.69, 9.17) is 4.74 Å². The molecule has 0 fully saturated rings. The van der Waals surface area contributed by atoms with Crippen LogP contribution in [0.5, 0.6) is 5.75 Å². The Balaban J connectivity index is 2.08. The molecule has 2 rings (SSSR count). The van der Waals surface area contributed by atoms with Crippen molar-refractivity contribution in [3.8, 4) is 5.75 Å². The van der Waals surface area contributed by atoms with Gasteiger partial charge in [-0.3, -0.25) is 0 Å². The molecule has 0 aliphatic heterocycles. The van der Waals surface area contributed by atoms with Crippen LogP contribution < -0.4 is 10.1 Å². The zero-order valence-corrected chi connectivity index (χ0v) is 11.0. The van der Waals surface area contributed by atoms with Crippen LogP contribution in [0.25, 0.3) is 0 Å². The van der Waals surface area contributed by atoms with E-state index in [1.54, 1.807) is 11.3 Å². The van der Waals surface area contributed by atoms with E-state index >= 15 is 0 Å². The van der Waals surface area contributed by atoms with Gasteiger partial charge in [0.1, 0.15) is 12.4 Å². The lowest BCUT2D eigenvalue weighted by Crippen LogP contribution is -2.07. The molecule has 0 aliphatic rings. The standard InChI is InChI=1S/C14H17NOS/c1-11-5-6-14(12(8-11)9-15-2)16-10-13-4-3-7-17-13/h3-8,15H,9-10H2,1-2H3. The van der Waals surface area contributed by atoms with Crippen molar-refractivity contribution in [2.45, 2.75) is 20.1 Å². The number of thiophene rings is 1. The lowest BCUT2D eigenvalue weighted by Gasteiger charge is -2.11. The Labute approximate surface area is 106 Å². The van der Waals surface area contributed by atoms with Crippen LogP contribution in [0.2, 0.25) is 0 Å². The molecule has 0 aliphatic carbocycles. The highest BCUT2D eigenvalue weighted by Crippen LogP contribution is 2.22. The van der Waals surface area contributed by atoms with Crippen LogP contribution in [-0.2, 0) is 13.2 Å². The summed E-state index contributed by atoms with van der Waals surface area (Å²) in [5, 5.41) is 5.24. The van der Waals surface area contributed by atoms with Gasteiger partial charge in [0.15, 0.2) is 0 Å². The van der Waals surface area contributed by atoms with Crippen molar-refractivity contribution in [1.82, 2.24) is 5.32 Å². The van der Waals surface area contributed by atoms with Gasteiger partial charge in [0.05, 0.1) is 0 Å². The number of nitrogens with one attached hydrogen (secondary N) is 1. The molecule has 1 N–H and O–H groups in total. The van der Waals surface area contributed by atoms with E-state index in [9.17, 15) is 0 Å². The maximum Gasteiger partial charge on any atom is 0.124 e. The summed E-state index contributed by atoms with van der Waals surface area (Å²) in [5.41, 5.74) is 2.47. The molecule has 0 saturated carbocycles. The van der Waals surface area contributed by atoms with Gasteiger partial charge in [-0.25, -0.2) is 0 Å². The molecule has 2 aromatic rings. The van der Waals surface area contributed by atoms with E-state index in [-0.39, 0.29) is 0 Å². The molecule has 3 heteroatoms. The van der Waals surface area contributed by atoms with Crippen LogP contribution in [0.1, 0.15) is 16.0 Å². The second-order valence-electron chi connectivity index (χ2n) is 4.01. The molecule has 0 saturated heterocycles. The van der Waals surface area contributed by atoms with Crippen LogP contribution in [0.3, 0.4) is 0 Å². The first kappa shape index (κ1) is 12.1. The fourth-order valence-corrected chi connectivity index (χ4v) is 2.34. The van der Waals surface area contributed by atoms with Crippen molar-refractivity contribution in [1.29, 1.82) is 0 Å². The van der Waals surface area contributed by atoms with E-state index in [0.29, 0.717) is 6.61 Å². The van der Waals surface area contributed by atoms with Crippen LogP contribution in [-0.4, -0.2) is 7.05 Å². The lowest BCUT2D eigenvalue weighted by atomic mass is 10.1. The molecule has 0 radical (unpaired) electrons. The van der Waals surface area contributed by atoms with Crippen LogP contribution in [0.15, 0.2) is 35.7 Å². The first-order valence-electron chi connectivity index (χ1n) is 5.69. The maximum absolute atomic E-state index is 5.86. The molecule has 0 atom stereocenters. The first-order chi connectivity index (χ1) is 8.29. The predicted molar refractivity (Wildman–Crippen MR) is 72.6 cm³/mol. The van der Waals surface area contributed by atoms with Crippen molar-refractivity contribution in [3.05, 3.63) is 51.7 Å². The lowest BCUT2D eigenvalue weighted by molar-refractivity contribution is 0.306. The molecule has 90 valence electrons. The van der Waals surface area contributed by atoms with Crippen LogP contribution in [0, 0.1) is 6.92 Å². The third-order valence-electron chi connectivity index (χ3n) is 2.53. The maximum atomic E-state index is 5.86. The molecule has 0 unspecified atom stereocenters. The van der Waals surface area contributed by atoms with E-state index in [1.807, 2.05) is 13.1 Å². The molecule has 0 spiro atoms. The van der Waals surface area contributed by atoms with Gasteiger partial charge in [0.2, 0.25) is 0 Å². The minimum Gasteiger partial charge on any atom is -0.488 e. The van der Waals surface area contributed by atoms with Gasteiger partial charge < -0.3 is 10.1 Å². The smallest absolute Gasteiger partial charge is 0.124 e. The fraction of sp³-hybridized carbons (Fsp3) is 0.286. The van der Waals surface area contributed by atoms with Crippen molar-refractivity contribution in [3.63, 3.8) is 0 Å². The number of hydrogen-bond acceptors (Lipinski definition) is 3. The van der Waals surface area contributed by atoms with E-state index in [2.05, 4.69) is 41.9 Å². The van der Waals surface area contributed by atoms with E-state index < -0.39 is 0 Å². The van der Waals surface area contributed by atoms with E-state index in [1.165, 1.54) is 16.0 Å². The Bertz CT molecular complexity index is 465. The predicted octanol–water partition coefficient (Wildman–Crippen LogP) is 3.35. The highest BCUT2D eigenvalue weighted by molar-refractivity contribution is 7.09. The summed E-state index contributed by atoms with van der Waals surface area (Å²) in [6.45, 7) is 3.58. The van der Waals surface area contributed by atoms with Gasteiger partial charge in [0, 0.05) is 17.0 Å². The van der Waals surface area contributed by atoms with Crippen molar-refractivity contribution in [2.75, 3.05) is 7.05 Å². The SMILES string of the molecule is CNCc1cc(C)ccc1OCc1cccs1. The molecule has 1 aromatic heterocycles. The van der Waals surface area contributed by atoms with Gasteiger partial charge in [-0.15, -0.1) is 11.3 Å². The second kappa shape index (κ2) is 5.84. The summed E-state index contributed by atoms with van der Waals surface area (Å²) in [6.07, 6.45) is 0. The zero-order chi connectivity index (χ0) is 12.1. The quantitative estimate of drug-likeness (QED) is 0.875. The Hall–Kier alpha value is -1.32. The number of rotatable bonds is 5. The monoisotopic (exact) mass is 247 g/mol. The summed E-state index contributed by atoms with van der Waals surface area (Å²) in [7, 11) is 1.95. The van der Waals surface area contributed by atoms with Crippen LogP contribution in [0.4, 0.5) is 0 Å². The normalized spacial score (nSPS) is 10.5. The summed E-state index contributed by atoms with van der Waals surface area (Å²) >= 11 is 1.72. The number of benzene rings is 1. The summed E-state index contributed by atoms with van der Waals surface area (Å²) in [5.74, 6) is 0.971. The zero-order valence-electron chi connectivity index (χ0n) is 10.2. The highest BCUT2D eigenvalue weighted by Gasteiger charge is 2.04. The minimum absolute atomic E-state index is 0.650. The van der Waals surface area contributed by atoms with Gasteiger partial charge in [-0.05, 0) is 31.5 Å². The third kappa shape index (κ3) is 3.32. The molecular weight excluding hydrogens is 230 g/mol. The van der Waals surface area contributed by atoms with Gasteiger partial charge in [0.25, 0.3) is 0 Å². The summed E-state index contributed by atoms with van der Waals surface area (Å²) in [6, 6.07) is 10.4. The molecular formula is C14H17NOS. The van der Waals surface area contributed by atoms with Crippen molar-refractivity contribution in [2.24, 2.45) is 0 Å². The summed E-state index contributed by atoms with van der Waals surface area (Å²) < 4.78 is 5.86. The van der Waals surface area contributed by atoms with Crippen molar-refractivity contribution < 1.29 is 4.74 Å². The van der Waals surface area contributed by atoms with Gasteiger partial charge in [-0.1, -0.05) is 23.8 Å². The third-order valence-corrected chi connectivity index (χ3v) is 3.38. The summed E-state index contributed by atoms with van der Waals surface area (Å²) in [4.78, 5) is 1.25. The first-order valence-corrected chi connectivity index (χ1v) is 6.57. The topological polar surface area (TPSA) is 21.3 Å². The minimum atomic E-state index is 0.650. The Morgan fingerprint density at radius 2 is 2.18 bits per heavy atom. The number of aryl methyl sites for hydroxylation is 1. The van der Waals surface area contributed by atoms with Crippen LogP contribution >= 0.6 is 11.3 Å². The molecule has 0 bridgehead atoms. The Morgan fingerprint density at radius 1 is 1.29 bits per heavy atom. The molecule has 1 aromatic carbocycles. The Morgan fingerprint density at radius 3 is 2.88 bits per heavy atom. The molecule has 2 nitrogen and oxygen atoms in total. The average molecular weight is 247 g/mol.